The monoisotopic (exact) mass is 498 g/mol. The molecule has 0 atom stereocenters. The normalized spacial score (nSPS) is 22.1. The van der Waals surface area contributed by atoms with Crippen molar-refractivity contribution >= 4 is 27.4 Å². The van der Waals surface area contributed by atoms with Gasteiger partial charge in [0.1, 0.15) is 5.82 Å². The zero-order valence-corrected chi connectivity index (χ0v) is 19.4. The van der Waals surface area contributed by atoms with E-state index in [-0.39, 0.29) is 62.4 Å². The van der Waals surface area contributed by atoms with Gasteiger partial charge in [-0.15, -0.1) is 0 Å². The first-order chi connectivity index (χ1) is 14.9. The minimum absolute atomic E-state index is 0.0182. The number of hydrogen-bond acceptors (Lipinski definition) is 4. The zero-order chi connectivity index (χ0) is 23.7. The van der Waals surface area contributed by atoms with Crippen LogP contribution in [0.15, 0.2) is 12.1 Å². The molecule has 1 aromatic carbocycles. The molecule has 0 radical (unpaired) electrons. The molecule has 1 aromatic rings. The van der Waals surface area contributed by atoms with Crippen LogP contribution in [0.25, 0.3) is 0 Å². The summed E-state index contributed by atoms with van der Waals surface area (Å²) in [4.78, 5) is 14.6. The highest BCUT2D eigenvalue weighted by atomic mass is 35.5. The first-order valence-electron chi connectivity index (χ1n) is 10.7. The molecule has 1 heterocycles. The summed E-state index contributed by atoms with van der Waals surface area (Å²) < 4.78 is 81.8. The standard InChI is InChI=1S/C21H27ClF4N2O3S/c1-2-32(30,31)28-13-11-27(12-14-28)20(7-9-21(25,26)10-8-20)6-5-17(29)18-16(23)4-3-15(22)19(18)24/h3-4H,2,5-14H2,1H3. The summed E-state index contributed by atoms with van der Waals surface area (Å²) in [5.74, 6) is -5.73. The van der Waals surface area contributed by atoms with Crippen LogP contribution in [0.4, 0.5) is 17.6 Å². The number of carbonyl (C=O) groups excluding carboxylic acids is 1. The largest absolute Gasteiger partial charge is 0.295 e. The molecule has 1 aliphatic carbocycles. The van der Waals surface area contributed by atoms with Gasteiger partial charge in [-0.1, -0.05) is 11.6 Å². The van der Waals surface area contributed by atoms with Gasteiger partial charge in [0.2, 0.25) is 15.9 Å². The fourth-order valence-corrected chi connectivity index (χ4v) is 5.92. The summed E-state index contributed by atoms with van der Waals surface area (Å²) in [6.45, 7) is 2.73. The molecule has 0 aromatic heterocycles. The maximum absolute atomic E-state index is 14.3. The maximum Gasteiger partial charge on any atom is 0.248 e. The third-order valence-corrected chi connectivity index (χ3v) is 8.89. The molecule has 3 rings (SSSR count). The van der Waals surface area contributed by atoms with Crippen molar-refractivity contribution in [2.24, 2.45) is 0 Å². The molecule has 0 amide bonds. The molecule has 2 aliphatic rings. The molecule has 1 saturated heterocycles. The molecule has 5 nitrogen and oxygen atoms in total. The molecule has 11 heteroatoms. The van der Waals surface area contributed by atoms with Gasteiger partial charge in [0, 0.05) is 51.0 Å². The van der Waals surface area contributed by atoms with Crippen LogP contribution < -0.4 is 0 Å². The van der Waals surface area contributed by atoms with Crippen molar-refractivity contribution in [3.05, 3.63) is 34.4 Å². The minimum atomic E-state index is -3.35. The van der Waals surface area contributed by atoms with Crippen molar-refractivity contribution < 1.29 is 30.8 Å². The fraction of sp³-hybridized carbons (Fsp3) is 0.667. The number of rotatable bonds is 7. The Labute approximate surface area is 190 Å². The highest BCUT2D eigenvalue weighted by Crippen LogP contribution is 2.44. The SMILES string of the molecule is CCS(=O)(=O)N1CCN(C2(CCC(=O)c3c(F)ccc(Cl)c3F)CCC(F)(F)CC2)CC1. The summed E-state index contributed by atoms with van der Waals surface area (Å²) in [5, 5.41) is -0.366. The molecule has 32 heavy (non-hydrogen) atoms. The first-order valence-corrected chi connectivity index (χ1v) is 12.7. The van der Waals surface area contributed by atoms with Gasteiger partial charge in [-0.25, -0.2) is 26.0 Å². The number of ketones is 1. The Morgan fingerprint density at radius 2 is 1.66 bits per heavy atom. The van der Waals surface area contributed by atoms with E-state index >= 15 is 0 Å². The number of sulfonamides is 1. The van der Waals surface area contributed by atoms with Gasteiger partial charge in [-0.2, -0.15) is 4.31 Å². The highest BCUT2D eigenvalue weighted by Gasteiger charge is 2.47. The second-order valence-corrected chi connectivity index (χ2v) is 11.2. The van der Waals surface area contributed by atoms with Crippen LogP contribution in [0.1, 0.15) is 55.8 Å². The van der Waals surface area contributed by atoms with E-state index in [1.54, 1.807) is 6.92 Å². The lowest BCUT2D eigenvalue weighted by molar-refractivity contribution is -0.0891. The Kier molecular flexibility index (Phi) is 7.59. The predicted molar refractivity (Wildman–Crippen MR) is 114 cm³/mol. The van der Waals surface area contributed by atoms with Crippen molar-refractivity contribution in [2.45, 2.75) is 56.9 Å². The first kappa shape index (κ1) is 25.4. The number of carbonyl (C=O) groups is 1. The molecule has 1 aliphatic heterocycles. The zero-order valence-electron chi connectivity index (χ0n) is 17.9. The molecule has 0 N–H and O–H groups in total. The fourth-order valence-electron chi connectivity index (χ4n) is 4.68. The molecule has 180 valence electrons. The van der Waals surface area contributed by atoms with E-state index in [9.17, 15) is 30.8 Å². The van der Waals surface area contributed by atoms with Crippen LogP contribution >= 0.6 is 11.6 Å². The third-order valence-electron chi connectivity index (χ3n) is 6.72. The van der Waals surface area contributed by atoms with E-state index < -0.39 is 44.5 Å². The van der Waals surface area contributed by atoms with E-state index in [2.05, 4.69) is 0 Å². The summed E-state index contributed by atoms with van der Waals surface area (Å²) in [6, 6.07) is 1.94. The second-order valence-electron chi connectivity index (χ2n) is 8.51. The van der Waals surface area contributed by atoms with E-state index in [4.69, 9.17) is 11.6 Å². The molecule has 0 bridgehead atoms. The summed E-state index contributed by atoms with van der Waals surface area (Å²) in [7, 11) is -3.35. The number of piperazine rings is 1. The smallest absolute Gasteiger partial charge is 0.248 e. The average molecular weight is 499 g/mol. The molecule has 0 unspecified atom stereocenters. The second kappa shape index (κ2) is 9.56. The minimum Gasteiger partial charge on any atom is -0.295 e. The van der Waals surface area contributed by atoms with Crippen molar-refractivity contribution in [2.75, 3.05) is 31.9 Å². The van der Waals surface area contributed by atoms with Gasteiger partial charge < -0.3 is 0 Å². The third kappa shape index (κ3) is 5.29. The lowest BCUT2D eigenvalue weighted by Gasteiger charge is -2.51. The van der Waals surface area contributed by atoms with Crippen molar-refractivity contribution in [3.8, 4) is 0 Å². The number of alkyl halides is 2. The van der Waals surface area contributed by atoms with Crippen LogP contribution in [0.2, 0.25) is 5.02 Å². The van der Waals surface area contributed by atoms with Gasteiger partial charge >= 0.3 is 0 Å². The summed E-state index contributed by atoms with van der Waals surface area (Å²) in [5.41, 5.74) is -1.47. The molecular weight excluding hydrogens is 472 g/mol. The Hall–Kier alpha value is -1.23. The van der Waals surface area contributed by atoms with Gasteiger partial charge in [-0.05, 0) is 38.3 Å². The average Bonchev–Trinajstić information content (AvgIpc) is 2.76. The van der Waals surface area contributed by atoms with Gasteiger partial charge in [0.05, 0.1) is 16.3 Å². The van der Waals surface area contributed by atoms with Gasteiger partial charge in [0.15, 0.2) is 11.6 Å². The molecular formula is C21H27ClF4N2O3S. The molecule has 1 saturated carbocycles. The predicted octanol–water partition coefficient (Wildman–Crippen LogP) is 4.50. The number of nitrogens with zero attached hydrogens (tertiary/aromatic N) is 2. The Morgan fingerprint density at radius 1 is 1.06 bits per heavy atom. The van der Waals surface area contributed by atoms with Crippen molar-refractivity contribution in [1.82, 2.24) is 9.21 Å². The summed E-state index contributed by atoms with van der Waals surface area (Å²) >= 11 is 5.68. The molecule has 0 spiro atoms. The maximum atomic E-state index is 14.3. The summed E-state index contributed by atoms with van der Waals surface area (Å²) in [6.07, 6.45) is -0.549. The van der Waals surface area contributed by atoms with E-state index in [1.807, 2.05) is 4.90 Å². The van der Waals surface area contributed by atoms with Crippen molar-refractivity contribution in [3.63, 3.8) is 0 Å². The van der Waals surface area contributed by atoms with Gasteiger partial charge in [0.25, 0.3) is 0 Å². The highest BCUT2D eigenvalue weighted by molar-refractivity contribution is 7.89. The number of Topliss-reactive ketones (excluding diaryl/α,β-unsaturated/α-hetero) is 1. The van der Waals surface area contributed by atoms with Crippen LogP contribution in [0.3, 0.4) is 0 Å². The lowest BCUT2D eigenvalue weighted by atomic mass is 9.74. The van der Waals surface area contributed by atoms with Crippen LogP contribution in [-0.4, -0.2) is 66.8 Å². The molecule has 2 fully saturated rings. The van der Waals surface area contributed by atoms with E-state index in [0.717, 1.165) is 12.1 Å². The van der Waals surface area contributed by atoms with Crippen LogP contribution in [-0.2, 0) is 10.0 Å². The van der Waals surface area contributed by atoms with E-state index in [1.165, 1.54) is 4.31 Å². The lowest BCUT2D eigenvalue weighted by Crippen LogP contribution is -2.60. The number of hydrogen-bond donors (Lipinski definition) is 0. The van der Waals surface area contributed by atoms with Crippen LogP contribution in [0.5, 0.6) is 0 Å². The Balaban J connectivity index is 1.77. The number of halogens is 5. The number of benzene rings is 1. The van der Waals surface area contributed by atoms with Gasteiger partial charge in [-0.3, -0.25) is 9.69 Å². The Bertz CT molecular complexity index is 956. The quantitative estimate of drug-likeness (QED) is 0.315. The topological polar surface area (TPSA) is 57.7 Å². The Morgan fingerprint density at radius 3 is 2.22 bits per heavy atom. The van der Waals surface area contributed by atoms with Crippen LogP contribution in [0, 0.1) is 11.6 Å². The van der Waals surface area contributed by atoms with Crippen molar-refractivity contribution in [1.29, 1.82) is 0 Å². The van der Waals surface area contributed by atoms with E-state index in [0.29, 0.717) is 13.1 Å².